The Morgan fingerprint density at radius 3 is 2.17 bits per heavy atom. The van der Waals surface area contributed by atoms with Crippen LogP contribution in [0.3, 0.4) is 0 Å². The molecule has 1 amide bonds. The van der Waals surface area contributed by atoms with Gasteiger partial charge < -0.3 is 11.1 Å². The topological polar surface area (TPSA) is 166 Å². The number of amides is 1. The van der Waals surface area contributed by atoms with Crippen molar-refractivity contribution in [2.75, 3.05) is 11.1 Å². The molecule has 6 rings (SSSR count). The largest absolute Gasteiger partial charge is 0.397 e. The zero-order valence-electron chi connectivity index (χ0n) is 24.4. The molecule has 0 aliphatic rings. The van der Waals surface area contributed by atoms with Crippen molar-refractivity contribution in [1.29, 1.82) is 0 Å². The Kier molecular flexibility index (Phi) is 9.18. The summed E-state index contributed by atoms with van der Waals surface area (Å²) in [6, 6.07) is 27.0. The molecule has 0 atom stereocenters. The Hall–Kier alpha value is -5.50. The minimum Gasteiger partial charge on any atom is -0.397 e. The molecule has 0 radical (unpaired) electrons. The molecule has 0 bridgehead atoms. The van der Waals surface area contributed by atoms with Crippen LogP contribution < -0.4 is 11.1 Å². The number of para-hydroxylation sites is 2. The fourth-order valence-electron chi connectivity index (χ4n) is 4.44. The smallest absolute Gasteiger partial charge is 0.294 e. The van der Waals surface area contributed by atoms with Gasteiger partial charge in [0.05, 0.1) is 27.4 Å². The SMILES string of the molecule is Cn1cc(-c2ccc(S(=O)(=O)n3ccc(C=CC(=O)Nc4ccccc4N)c3)cc2)cn1.O=S(=O)(O)c1ccc2ccccc2c1. The zero-order chi connectivity index (χ0) is 32.9. The molecule has 6 aromatic rings. The molecule has 0 saturated carbocycles. The van der Waals surface area contributed by atoms with Crippen LogP contribution in [-0.4, -0.2) is 41.0 Å². The van der Waals surface area contributed by atoms with Gasteiger partial charge >= 0.3 is 0 Å². The highest BCUT2D eigenvalue weighted by Gasteiger charge is 2.17. The number of hydrogen-bond donors (Lipinski definition) is 3. The molecule has 0 unspecified atom stereocenters. The van der Waals surface area contributed by atoms with Gasteiger partial charge in [-0.25, -0.2) is 12.4 Å². The number of benzene rings is 4. The highest BCUT2D eigenvalue weighted by atomic mass is 32.2. The minimum absolute atomic E-state index is 0.0730. The molecule has 4 N–H and O–H groups in total. The Balaban J connectivity index is 0.000000247. The highest BCUT2D eigenvalue weighted by molar-refractivity contribution is 7.90. The summed E-state index contributed by atoms with van der Waals surface area (Å²) in [5.74, 6) is -0.371. The molecule has 2 heterocycles. The van der Waals surface area contributed by atoms with E-state index >= 15 is 0 Å². The van der Waals surface area contributed by atoms with Crippen molar-refractivity contribution in [3.05, 3.63) is 133 Å². The summed E-state index contributed by atoms with van der Waals surface area (Å²) in [4.78, 5) is 12.2. The van der Waals surface area contributed by atoms with E-state index in [0.29, 0.717) is 16.9 Å². The summed E-state index contributed by atoms with van der Waals surface area (Å²) < 4.78 is 59.2. The van der Waals surface area contributed by atoms with Crippen molar-refractivity contribution < 1.29 is 26.2 Å². The highest BCUT2D eigenvalue weighted by Crippen LogP contribution is 2.23. The summed E-state index contributed by atoms with van der Waals surface area (Å²) in [6.45, 7) is 0. The average Bonchev–Trinajstić information content (AvgIpc) is 3.71. The number of aromatic nitrogens is 3. The summed E-state index contributed by atoms with van der Waals surface area (Å²) >= 11 is 0. The molecule has 234 valence electrons. The first-order chi connectivity index (χ1) is 21.9. The molecule has 0 fully saturated rings. The molecule has 0 saturated heterocycles. The van der Waals surface area contributed by atoms with Crippen LogP contribution in [0.15, 0.2) is 138 Å². The van der Waals surface area contributed by atoms with E-state index in [2.05, 4.69) is 10.4 Å². The van der Waals surface area contributed by atoms with Crippen molar-refractivity contribution >= 4 is 54.3 Å². The second-order valence-corrected chi connectivity index (χ2v) is 13.4. The number of nitrogen functional groups attached to an aromatic ring is 1. The monoisotopic (exact) mass is 655 g/mol. The van der Waals surface area contributed by atoms with Crippen LogP contribution in [0.25, 0.3) is 28.0 Å². The first kappa shape index (κ1) is 31.9. The maximum absolute atomic E-state index is 12.9. The molecule has 46 heavy (non-hydrogen) atoms. The van der Waals surface area contributed by atoms with Crippen LogP contribution in [0.1, 0.15) is 5.56 Å². The second kappa shape index (κ2) is 13.2. The number of nitrogens with zero attached hydrogens (tertiary/aromatic N) is 3. The number of nitrogens with one attached hydrogen (secondary N) is 1. The van der Waals surface area contributed by atoms with E-state index in [1.54, 1.807) is 77.6 Å². The molecule has 13 heteroatoms. The van der Waals surface area contributed by atoms with Gasteiger partial charge in [-0.1, -0.05) is 54.6 Å². The van der Waals surface area contributed by atoms with Gasteiger partial charge in [0.15, 0.2) is 0 Å². The number of aryl methyl sites for hydroxylation is 1. The molecule has 0 aliphatic carbocycles. The van der Waals surface area contributed by atoms with Crippen LogP contribution in [0.4, 0.5) is 11.4 Å². The normalized spacial score (nSPS) is 11.7. The molecule has 0 aliphatic heterocycles. The molecule has 11 nitrogen and oxygen atoms in total. The number of nitrogens with two attached hydrogens (primary N) is 1. The van der Waals surface area contributed by atoms with Gasteiger partial charge in [-0.3, -0.25) is 14.0 Å². The summed E-state index contributed by atoms with van der Waals surface area (Å²) in [7, 11) is -6.03. The van der Waals surface area contributed by atoms with Gasteiger partial charge in [-0.15, -0.1) is 0 Å². The fourth-order valence-corrected chi connectivity index (χ4v) is 6.16. The number of fused-ring (bicyclic) bond motifs is 1. The maximum atomic E-state index is 12.9. The Labute approximate surface area is 266 Å². The van der Waals surface area contributed by atoms with Gasteiger partial charge in [0.1, 0.15) is 0 Å². The third kappa shape index (κ3) is 7.58. The summed E-state index contributed by atoms with van der Waals surface area (Å²) in [5, 5.41) is 8.55. The molecule has 4 aromatic carbocycles. The molecule has 2 aromatic heterocycles. The lowest BCUT2D eigenvalue weighted by Crippen LogP contribution is -2.10. The van der Waals surface area contributed by atoms with Crippen LogP contribution in [0, 0.1) is 0 Å². The number of carbonyl (C=O) groups is 1. The van der Waals surface area contributed by atoms with Crippen molar-refractivity contribution in [1.82, 2.24) is 13.8 Å². The van der Waals surface area contributed by atoms with Crippen molar-refractivity contribution in [3.63, 3.8) is 0 Å². The van der Waals surface area contributed by atoms with E-state index < -0.39 is 20.1 Å². The van der Waals surface area contributed by atoms with Crippen LogP contribution >= 0.6 is 0 Å². The van der Waals surface area contributed by atoms with E-state index in [0.717, 1.165) is 25.9 Å². The Morgan fingerprint density at radius 1 is 0.826 bits per heavy atom. The van der Waals surface area contributed by atoms with E-state index in [1.807, 2.05) is 31.4 Å². The Bertz CT molecular complexity index is 2270. The second-order valence-electron chi connectivity index (χ2n) is 10.1. The first-order valence-electron chi connectivity index (χ1n) is 13.7. The number of rotatable bonds is 7. The lowest BCUT2D eigenvalue weighted by molar-refractivity contribution is -0.111. The average molecular weight is 656 g/mol. The van der Waals surface area contributed by atoms with Gasteiger partial charge in [-0.05, 0) is 70.4 Å². The van der Waals surface area contributed by atoms with Crippen LogP contribution in [0.5, 0.6) is 0 Å². The van der Waals surface area contributed by atoms with Gasteiger partial charge in [0.25, 0.3) is 20.1 Å². The quantitative estimate of drug-likeness (QED) is 0.116. The molecular formula is C33H29N5O6S2. The van der Waals surface area contributed by atoms with E-state index in [1.165, 1.54) is 36.7 Å². The predicted molar refractivity (Wildman–Crippen MR) is 178 cm³/mol. The van der Waals surface area contributed by atoms with Crippen LogP contribution in [-0.2, 0) is 32.0 Å². The van der Waals surface area contributed by atoms with E-state index in [9.17, 15) is 21.6 Å². The van der Waals surface area contributed by atoms with E-state index in [-0.39, 0.29) is 15.7 Å². The predicted octanol–water partition coefficient (Wildman–Crippen LogP) is 5.45. The lowest BCUT2D eigenvalue weighted by atomic mass is 10.1. The van der Waals surface area contributed by atoms with Crippen molar-refractivity contribution in [2.45, 2.75) is 9.79 Å². The minimum atomic E-state index is -4.09. The summed E-state index contributed by atoms with van der Waals surface area (Å²) in [5.41, 5.74) is 9.13. The number of hydrogen-bond acceptors (Lipinski definition) is 7. The number of anilines is 2. The molecular weight excluding hydrogens is 627 g/mol. The fraction of sp³-hybridized carbons (Fsp3) is 0.0303. The van der Waals surface area contributed by atoms with Gasteiger partial charge in [0, 0.05) is 37.3 Å². The van der Waals surface area contributed by atoms with E-state index in [4.69, 9.17) is 10.3 Å². The van der Waals surface area contributed by atoms with Crippen molar-refractivity contribution in [3.8, 4) is 11.1 Å². The van der Waals surface area contributed by atoms with Gasteiger partial charge in [0.2, 0.25) is 5.91 Å². The third-order valence-electron chi connectivity index (χ3n) is 6.82. The Morgan fingerprint density at radius 2 is 1.50 bits per heavy atom. The van der Waals surface area contributed by atoms with Crippen molar-refractivity contribution in [2.24, 2.45) is 7.05 Å². The maximum Gasteiger partial charge on any atom is 0.294 e. The first-order valence-corrected chi connectivity index (χ1v) is 16.6. The zero-order valence-corrected chi connectivity index (χ0v) is 26.1. The van der Waals surface area contributed by atoms with Crippen LogP contribution in [0.2, 0.25) is 0 Å². The summed E-state index contributed by atoms with van der Waals surface area (Å²) in [6.07, 6.45) is 9.32. The molecule has 0 spiro atoms. The number of carbonyl (C=O) groups excluding carboxylic acids is 1. The third-order valence-corrected chi connectivity index (χ3v) is 9.32. The van der Waals surface area contributed by atoms with Gasteiger partial charge in [-0.2, -0.15) is 13.5 Å². The lowest BCUT2D eigenvalue weighted by Gasteiger charge is -2.06. The standard InChI is InChI=1S/C23H21N5O3S.C10H8O3S/c1-27-16-19(14-25-27)18-7-9-20(10-8-18)32(30,31)28-13-12-17(15-28)6-11-23(29)26-22-5-3-2-4-21(22)24;11-14(12,13)10-6-5-8-3-1-2-4-9(8)7-10/h2-16H,24H2,1H3,(H,26,29);1-7H,(H,11,12,13).